The lowest BCUT2D eigenvalue weighted by Gasteiger charge is -2.33. The molecule has 0 aliphatic rings. The molecule has 32 heavy (non-hydrogen) atoms. The molecule has 0 aliphatic heterocycles. The van der Waals surface area contributed by atoms with Crippen molar-refractivity contribution < 1.29 is 19.1 Å². The molecule has 0 unspecified atom stereocenters. The first-order valence-electron chi connectivity index (χ1n) is 11.2. The first-order valence-corrected chi connectivity index (χ1v) is 11.2. The molecule has 0 radical (unpaired) electrons. The van der Waals surface area contributed by atoms with Gasteiger partial charge in [0.1, 0.15) is 12.1 Å². The van der Waals surface area contributed by atoms with Gasteiger partial charge in [0.2, 0.25) is 11.8 Å². The van der Waals surface area contributed by atoms with E-state index in [-0.39, 0.29) is 12.5 Å². The zero-order valence-electron chi connectivity index (χ0n) is 20.8. The molecule has 1 aromatic carbocycles. The molecular formula is C25H41N3O4. The van der Waals surface area contributed by atoms with Crippen molar-refractivity contribution in [3.63, 3.8) is 0 Å². The number of amides is 2. The third-order valence-corrected chi connectivity index (χ3v) is 5.44. The van der Waals surface area contributed by atoms with Crippen LogP contribution in [0.5, 0.6) is 0 Å². The Morgan fingerprint density at radius 3 is 1.97 bits per heavy atom. The molecule has 0 spiro atoms. The topological polar surface area (TPSA) is 111 Å². The second-order valence-corrected chi connectivity index (χ2v) is 10.6. The van der Waals surface area contributed by atoms with E-state index in [1.807, 2.05) is 78.8 Å². The largest absolute Gasteiger partial charge is 0.464 e. The molecule has 1 rings (SSSR count). The van der Waals surface area contributed by atoms with Crippen LogP contribution in [0.25, 0.3) is 0 Å². The maximum atomic E-state index is 13.4. The van der Waals surface area contributed by atoms with Gasteiger partial charge in [-0.2, -0.15) is 0 Å². The summed E-state index contributed by atoms with van der Waals surface area (Å²) >= 11 is 0. The monoisotopic (exact) mass is 447 g/mol. The van der Waals surface area contributed by atoms with Crippen LogP contribution in [-0.2, 0) is 25.5 Å². The first-order chi connectivity index (χ1) is 14.7. The number of nitrogens with two attached hydrogens (primary N) is 1. The molecule has 7 heteroatoms. The average Bonchev–Trinajstić information content (AvgIpc) is 2.68. The van der Waals surface area contributed by atoms with E-state index in [0.29, 0.717) is 6.42 Å². The van der Waals surface area contributed by atoms with Gasteiger partial charge in [0.05, 0.1) is 12.6 Å². The van der Waals surface area contributed by atoms with Crippen LogP contribution in [0.4, 0.5) is 0 Å². The van der Waals surface area contributed by atoms with Crippen molar-refractivity contribution in [2.45, 2.75) is 79.9 Å². The highest BCUT2D eigenvalue weighted by molar-refractivity contribution is 5.92. The van der Waals surface area contributed by atoms with Crippen LogP contribution in [0.15, 0.2) is 30.3 Å². The molecule has 0 fully saturated rings. The highest BCUT2D eigenvalue weighted by Gasteiger charge is 2.38. The SMILES string of the molecule is CCOC(=O)[C@@H](NC(=O)[C@@H](NC(=O)[C@@H](N)C(C)(C)C)[C@@H](C)Cc1ccccc1)C(C)(C)C. The molecule has 0 bridgehead atoms. The standard InChI is InChI=1S/C25H41N3O4/c1-9-32-23(31)20(25(6,7)8)28-21(29)18(27-22(30)19(26)24(3,4)5)16(2)15-17-13-11-10-12-14-17/h10-14,16,18-20H,9,15,26H2,1-8H3,(H,27,30)(H,28,29)/t16-,18-,19+,20+/m0/s1. The molecule has 0 saturated carbocycles. The van der Waals surface area contributed by atoms with E-state index in [1.165, 1.54) is 0 Å². The molecule has 7 nitrogen and oxygen atoms in total. The van der Waals surface area contributed by atoms with Crippen LogP contribution in [0, 0.1) is 16.7 Å². The molecule has 0 heterocycles. The summed E-state index contributed by atoms with van der Waals surface area (Å²) in [5, 5.41) is 5.67. The third kappa shape index (κ3) is 8.26. The van der Waals surface area contributed by atoms with E-state index in [9.17, 15) is 14.4 Å². The van der Waals surface area contributed by atoms with Crippen LogP contribution in [0.3, 0.4) is 0 Å². The fourth-order valence-electron chi connectivity index (χ4n) is 3.29. The highest BCUT2D eigenvalue weighted by atomic mass is 16.5. The molecule has 0 aliphatic carbocycles. The molecule has 0 saturated heterocycles. The Morgan fingerprint density at radius 1 is 0.938 bits per heavy atom. The van der Waals surface area contributed by atoms with Gasteiger partial charge in [0.15, 0.2) is 0 Å². The molecule has 180 valence electrons. The number of rotatable bonds is 9. The van der Waals surface area contributed by atoms with Gasteiger partial charge in [-0.25, -0.2) is 4.79 Å². The van der Waals surface area contributed by atoms with Crippen molar-refractivity contribution >= 4 is 17.8 Å². The van der Waals surface area contributed by atoms with E-state index in [0.717, 1.165) is 5.56 Å². The van der Waals surface area contributed by atoms with Gasteiger partial charge in [-0.1, -0.05) is 78.8 Å². The van der Waals surface area contributed by atoms with Crippen molar-refractivity contribution in [3.8, 4) is 0 Å². The van der Waals surface area contributed by atoms with Crippen molar-refractivity contribution in [1.29, 1.82) is 0 Å². The minimum atomic E-state index is -0.865. The summed E-state index contributed by atoms with van der Waals surface area (Å²) in [6.07, 6.45) is 0.573. The zero-order valence-corrected chi connectivity index (χ0v) is 20.8. The van der Waals surface area contributed by atoms with E-state index >= 15 is 0 Å². The molecule has 0 aromatic heterocycles. The maximum Gasteiger partial charge on any atom is 0.329 e. The quantitative estimate of drug-likeness (QED) is 0.504. The van der Waals surface area contributed by atoms with Gasteiger partial charge in [-0.3, -0.25) is 9.59 Å². The fraction of sp³-hybridized carbons (Fsp3) is 0.640. The summed E-state index contributed by atoms with van der Waals surface area (Å²) in [6.45, 7) is 15.0. The number of esters is 1. The van der Waals surface area contributed by atoms with Gasteiger partial charge in [0.25, 0.3) is 0 Å². The smallest absolute Gasteiger partial charge is 0.329 e. The van der Waals surface area contributed by atoms with E-state index < -0.39 is 46.7 Å². The van der Waals surface area contributed by atoms with Crippen molar-refractivity contribution in [1.82, 2.24) is 10.6 Å². The number of hydrogen-bond acceptors (Lipinski definition) is 5. The Balaban J connectivity index is 3.17. The van der Waals surface area contributed by atoms with Crippen LogP contribution in [-0.4, -0.2) is 42.5 Å². The van der Waals surface area contributed by atoms with E-state index in [1.54, 1.807) is 6.92 Å². The summed E-state index contributed by atoms with van der Waals surface area (Å²) in [7, 11) is 0. The maximum absolute atomic E-state index is 13.4. The molecular weight excluding hydrogens is 406 g/mol. The highest BCUT2D eigenvalue weighted by Crippen LogP contribution is 2.22. The summed E-state index contributed by atoms with van der Waals surface area (Å²) in [5.41, 5.74) is 6.15. The summed E-state index contributed by atoms with van der Waals surface area (Å²) in [5.74, 6) is -1.58. The lowest BCUT2D eigenvalue weighted by molar-refractivity contribution is -0.151. The number of benzene rings is 1. The van der Waals surface area contributed by atoms with Crippen LogP contribution >= 0.6 is 0 Å². The van der Waals surface area contributed by atoms with Crippen molar-refractivity contribution in [3.05, 3.63) is 35.9 Å². The third-order valence-electron chi connectivity index (χ3n) is 5.44. The minimum Gasteiger partial charge on any atom is -0.464 e. The van der Waals surface area contributed by atoms with Crippen molar-refractivity contribution in [2.75, 3.05) is 6.61 Å². The fourth-order valence-corrected chi connectivity index (χ4v) is 3.29. The minimum absolute atomic E-state index is 0.215. The second kappa shape index (κ2) is 11.5. The van der Waals surface area contributed by atoms with Gasteiger partial charge < -0.3 is 21.1 Å². The Labute approximate surface area is 192 Å². The Hall–Kier alpha value is -2.41. The Kier molecular flexibility index (Phi) is 9.89. The second-order valence-electron chi connectivity index (χ2n) is 10.6. The Morgan fingerprint density at radius 2 is 1.50 bits per heavy atom. The van der Waals surface area contributed by atoms with Crippen molar-refractivity contribution in [2.24, 2.45) is 22.5 Å². The van der Waals surface area contributed by atoms with Crippen LogP contribution in [0.2, 0.25) is 0 Å². The number of hydrogen-bond donors (Lipinski definition) is 3. The van der Waals surface area contributed by atoms with Crippen LogP contribution < -0.4 is 16.4 Å². The van der Waals surface area contributed by atoms with Gasteiger partial charge in [-0.05, 0) is 35.7 Å². The summed E-state index contributed by atoms with van der Waals surface area (Å²) in [6, 6.07) is 7.24. The van der Waals surface area contributed by atoms with Gasteiger partial charge >= 0.3 is 5.97 Å². The number of carbonyl (C=O) groups excluding carboxylic acids is 3. The molecule has 1 aromatic rings. The summed E-state index contributed by atoms with van der Waals surface area (Å²) < 4.78 is 5.17. The molecule has 2 amide bonds. The Bertz CT molecular complexity index is 766. The zero-order chi connectivity index (χ0) is 24.7. The van der Waals surface area contributed by atoms with E-state index in [4.69, 9.17) is 10.5 Å². The van der Waals surface area contributed by atoms with Crippen LogP contribution in [0.1, 0.15) is 61.0 Å². The number of nitrogens with one attached hydrogen (secondary N) is 2. The van der Waals surface area contributed by atoms with E-state index in [2.05, 4.69) is 10.6 Å². The predicted molar refractivity (Wildman–Crippen MR) is 127 cm³/mol. The lowest BCUT2D eigenvalue weighted by atomic mass is 9.85. The molecule has 4 atom stereocenters. The number of carbonyl (C=O) groups is 3. The molecule has 4 N–H and O–H groups in total. The van der Waals surface area contributed by atoms with Gasteiger partial charge in [-0.15, -0.1) is 0 Å². The number of ether oxygens (including phenoxy) is 1. The summed E-state index contributed by atoms with van der Waals surface area (Å²) in [4.78, 5) is 38.8. The lowest BCUT2D eigenvalue weighted by Crippen LogP contribution is -2.60. The first kappa shape index (κ1) is 27.6. The normalized spacial score (nSPS) is 15.8. The predicted octanol–water partition coefficient (Wildman–Crippen LogP) is 2.82. The average molecular weight is 448 g/mol. The van der Waals surface area contributed by atoms with Gasteiger partial charge in [0, 0.05) is 0 Å².